The Morgan fingerprint density at radius 2 is 1.78 bits per heavy atom. The number of carbonyl (C=O) groups is 2. The number of ether oxygens (including phenoxy) is 1. The van der Waals surface area contributed by atoms with E-state index < -0.39 is 0 Å². The van der Waals surface area contributed by atoms with Crippen molar-refractivity contribution in [2.24, 2.45) is 11.8 Å². The molecule has 1 atom stereocenters. The summed E-state index contributed by atoms with van der Waals surface area (Å²) < 4.78 is 4.76. The monoisotopic (exact) mass is 248 g/mol. The Labute approximate surface area is 108 Å². The molecular formula is C15H20O3. The average molecular weight is 248 g/mol. The van der Waals surface area contributed by atoms with Gasteiger partial charge in [0.1, 0.15) is 0 Å². The quantitative estimate of drug-likeness (QED) is 0.574. The van der Waals surface area contributed by atoms with Crippen LogP contribution in [0.25, 0.3) is 0 Å². The van der Waals surface area contributed by atoms with Gasteiger partial charge in [-0.15, -0.1) is 0 Å². The number of Topliss-reactive ketones (excluding diaryl/α,β-unsaturated/α-hetero) is 1. The summed E-state index contributed by atoms with van der Waals surface area (Å²) in [6.45, 7) is 4.06. The minimum atomic E-state index is -0.345. The summed E-state index contributed by atoms with van der Waals surface area (Å²) in [5, 5.41) is 0. The Morgan fingerprint density at radius 3 is 2.28 bits per heavy atom. The number of benzene rings is 1. The zero-order valence-electron chi connectivity index (χ0n) is 11.2. The van der Waals surface area contributed by atoms with E-state index in [1.807, 2.05) is 32.0 Å². The van der Waals surface area contributed by atoms with Crippen molar-refractivity contribution < 1.29 is 14.3 Å². The fraction of sp³-hybridized carbons (Fsp3) is 0.467. The highest BCUT2D eigenvalue weighted by Gasteiger charge is 2.24. The van der Waals surface area contributed by atoms with Crippen LogP contribution in [0.4, 0.5) is 0 Å². The molecule has 1 aromatic rings. The molecule has 0 bridgehead atoms. The molecule has 0 heterocycles. The van der Waals surface area contributed by atoms with Crippen LogP contribution in [0.15, 0.2) is 30.3 Å². The Bertz CT molecular complexity index is 395. The van der Waals surface area contributed by atoms with Crippen molar-refractivity contribution in [2.45, 2.75) is 26.7 Å². The summed E-state index contributed by atoms with van der Waals surface area (Å²) in [5.74, 6) is -0.292. The first kappa shape index (κ1) is 14.4. The van der Waals surface area contributed by atoms with Crippen molar-refractivity contribution >= 4 is 11.8 Å². The lowest BCUT2D eigenvalue weighted by Crippen LogP contribution is -2.21. The van der Waals surface area contributed by atoms with Gasteiger partial charge in [0.25, 0.3) is 0 Å². The van der Waals surface area contributed by atoms with E-state index in [2.05, 4.69) is 0 Å². The molecule has 0 spiro atoms. The first-order valence-electron chi connectivity index (χ1n) is 6.20. The molecule has 0 radical (unpaired) electrons. The van der Waals surface area contributed by atoms with E-state index in [1.54, 1.807) is 12.1 Å². The van der Waals surface area contributed by atoms with Gasteiger partial charge >= 0.3 is 5.97 Å². The number of hydrogen-bond donors (Lipinski definition) is 0. The molecule has 98 valence electrons. The lowest BCUT2D eigenvalue weighted by molar-refractivity contribution is -0.145. The maximum atomic E-state index is 12.0. The SMILES string of the molecule is COC(=O)C(CC(=O)c1ccccc1)CC(C)C. The molecule has 0 N–H and O–H groups in total. The molecule has 0 amide bonds. The molecule has 1 rings (SSSR count). The molecule has 0 aliphatic heterocycles. The van der Waals surface area contributed by atoms with E-state index in [1.165, 1.54) is 7.11 Å². The highest BCUT2D eigenvalue weighted by atomic mass is 16.5. The molecule has 0 saturated heterocycles. The second-order valence-electron chi connectivity index (χ2n) is 4.84. The number of esters is 1. The van der Waals surface area contributed by atoms with Gasteiger partial charge in [0, 0.05) is 12.0 Å². The number of carbonyl (C=O) groups excluding carboxylic acids is 2. The van der Waals surface area contributed by atoms with Gasteiger partial charge < -0.3 is 4.74 Å². The zero-order chi connectivity index (χ0) is 13.5. The van der Waals surface area contributed by atoms with Gasteiger partial charge in [-0.25, -0.2) is 0 Å². The van der Waals surface area contributed by atoms with Gasteiger partial charge in [-0.1, -0.05) is 44.2 Å². The second kappa shape index (κ2) is 6.94. The Morgan fingerprint density at radius 1 is 1.17 bits per heavy atom. The van der Waals surface area contributed by atoms with Crippen LogP contribution in [0.1, 0.15) is 37.0 Å². The van der Waals surface area contributed by atoms with Crippen molar-refractivity contribution in [2.75, 3.05) is 7.11 Å². The highest BCUT2D eigenvalue weighted by Crippen LogP contribution is 2.19. The van der Waals surface area contributed by atoms with Crippen molar-refractivity contribution in [3.05, 3.63) is 35.9 Å². The van der Waals surface area contributed by atoms with Crippen molar-refractivity contribution in [3.8, 4) is 0 Å². The first-order valence-corrected chi connectivity index (χ1v) is 6.20. The summed E-state index contributed by atoms with van der Waals surface area (Å²) in [7, 11) is 1.36. The minimum absolute atomic E-state index is 0.00773. The van der Waals surface area contributed by atoms with E-state index in [9.17, 15) is 9.59 Å². The molecule has 18 heavy (non-hydrogen) atoms. The molecule has 1 aromatic carbocycles. The topological polar surface area (TPSA) is 43.4 Å². The number of ketones is 1. The fourth-order valence-corrected chi connectivity index (χ4v) is 1.96. The van der Waals surface area contributed by atoms with Gasteiger partial charge in [0.2, 0.25) is 0 Å². The Kier molecular flexibility index (Phi) is 5.56. The van der Waals surface area contributed by atoms with Crippen molar-refractivity contribution in [1.29, 1.82) is 0 Å². The number of hydrogen-bond acceptors (Lipinski definition) is 3. The molecule has 0 saturated carbocycles. The summed E-state index contributed by atoms with van der Waals surface area (Å²) >= 11 is 0. The average Bonchev–Trinajstić information content (AvgIpc) is 2.37. The summed E-state index contributed by atoms with van der Waals surface area (Å²) in [5.41, 5.74) is 0.648. The van der Waals surface area contributed by atoms with Gasteiger partial charge in [-0.3, -0.25) is 9.59 Å². The maximum absolute atomic E-state index is 12.0. The van der Waals surface area contributed by atoms with E-state index in [4.69, 9.17) is 4.74 Å². The third-order valence-corrected chi connectivity index (χ3v) is 2.82. The zero-order valence-corrected chi connectivity index (χ0v) is 11.2. The molecule has 1 unspecified atom stereocenters. The third kappa shape index (κ3) is 4.32. The summed E-state index contributed by atoms with van der Waals surface area (Å²) in [6, 6.07) is 9.05. The highest BCUT2D eigenvalue weighted by molar-refractivity contribution is 5.98. The van der Waals surface area contributed by atoms with Crippen LogP contribution in [-0.4, -0.2) is 18.9 Å². The predicted octanol–water partition coefficient (Wildman–Crippen LogP) is 3.09. The molecule has 3 heteroatoms. The standard InChI is InChI=1S/C15H20O3/c1-11(2)9-13(15(17)18-3)10-14(16)12-7-5-4-6-8-12/h4-8,11,13H,9-10H2,1-3H3. The molecule has 0 aliphatic carbocycles. The van der Waals surface area contributed by atoms with E-state index in [0.717, 1.165) is 0 Å². The molecular weight excluding hydrogens is 228 g/mol. The van der Waals surface area contributed by atoms with Crippen LogP contribution in [0, 0.1) is 11.8 Å². The summed E-state index contributed by atoms with van der Waals surface area (Å²) in [6.07, 6.45) is 0.889. The predicted molar refractivity (Wildman–Crippen MR) is 70.4 cm³/mol. The van der Waals surface area contributed by atoms with Gasteiger partial charge in [0.05, 0.1) is 13.0 Å². The van der Waals surface area contributed by atoms with Crippen LogP contribution in [0.3, 0.4) is 0 Å². The largest absolute Gasteiger partial charge is 0.469 e. The van der Waals surface area contributed by atoms with E-state index in [-0.39, 0.29) is 24.1 Å². The van der Waals surface area contributed by atoms with Crippen LogP contribution >= 0.6 is 0 Å². The Balaban J connectivity index is 2.71. The van der Waals surface area contributed by atoms with E-state index >= 15 is 0 Å². The summed E-state index contributed by atoms with van der Waals surface area (Å²) in [4.78, 5) is 23.7. The van der Waals surface area contributed by atoms with Crippen LogP contribution in [-0.2, 0) is 9.53 Å². The lowest BCUT2D eigenvalue weighted by Gasteiger charge is -2.15. The van der Waals surface area contributed by atoms with Crippen molar-refractivity contribution in [3.63, 3.8) is 0 Å². The fourth-order valence-electron chi connectivity index (χ4n) is 1.96. The normalized spacial score (nSPS) is 12.2. The number of methoxy groups -OCH3 is 1. The second-order valence-corrected chi connectivity index (χ2v) is 4.84. The van der Waals surface area contributed by atoms with Crippen LogP contribution < -0.4 is 0 Å². The van der Waals surface area contributed by atoms with Gasteiger partial charge in [0.15, 0.2) is 5.78 Å². The molecule has 0 aliphatic rings. The molecule has 0 aromatic heterocycles. The minimum Gasteiger partial charge on any atom is -0.469 e. The Hall–Kier alpha value is -1.64. The molecule has 0 fully saturated rings. The lowest BCUT2D eigenvalue weighted by atomic mass is 9.90. The number of rotatable bonds is 6. The van der Waals surface area contributed by atoms with Gasteiger partial charge in [-0.05, 0) is 12.3 Å². The van der Waals surface area contributed by atoms with Gasteiger partial charge in [-0.2, -0.15) is 0 Å². The van der Waals surface area contributed by atoms with Crippen LogP contribution in [0.2, 0.25) is 0 Å². The smallest absolute Gasteiger partial charge is 0.309 e. The van der Waals surface area contributed by atoms with E-state index in [0.29, 0.717) is 17.9 Å². The third-order valence-electron chi connectivity index (χ3n) is 2.82. The van der Waals surface area contributed by atoms with Crippen molar-refractivity contribution in [1.82, 2.24) is 0 Å². The first-order chi connectivity index (χ1) is 8.54. The maximum Gasteiger partial charge on any atom is 0.309 e. The van der Waals surface area contributed by atoms with Crippen LogP contribution in [0.5, 0.6) is 0 Å². The molecule has 3 nitrogen and oxygen atoms in total.